The van der Waals surface area contributed by atoms with Crippen LogP contribution in [-0.4, -0.2) is 49.5 Å². The molecule has 0 aliphatic heterocycles. The van der Waals surface area contributed by atoms with Crippen molar-refractivity contribution in [3.8, 4) is 0 Å². The Morgan fingerprint density at radius 1 is 1.39 bits per heavy atom. The van der Waals surface area contributed by atoms with Crippen LogP contribution in [0.25, 0.3) is 0 Å². The van der Waals surface area contributed by atoms with E-state index in [9.17, 15) is 4.79 Å². The Balaban J connectivity index is 2.40. The molecule has 0 spiro atoms. The molecule has 6 heteroatoms. The van der Waals surface area contributed by atoms with Gasteiger partial charge in [-0.2, -0.15) is 0 Å². The van der Waals surface area contributed by atoms with E-state index in [0.717, 1.165) is 0 Å². The molecule has 6 nitrogen and oxygen atoms in total. The predicted octanol–water partition coefficient (Wildman–Crippen LogP) is 1.16. The Kier molecular flexibility index (Phi) is 6.10. The van der Waals surface area contributed by atoms with E-state index in [0.29, 0.717) is 37.9 Å². The van der Waals surface area contributed by atoms with Crippen LogP contribution < -0.4 is 5.32 Å². The van der Waals surface area contributed by atoms with Crippen LogP contribution in [0.1, 0.15) is 16.1 Å². The quantitative estimate of drug-likeness (QED) is 0.678. The number of pyridine rings is 1. The number of methoxy groups -OCH3 is 1. The maximum Gasteiger partial charge on any atom is 0.335 e. The monoisotopic (exact) mass is 254 g/mol. The number of carbonyl (C=O) groups is 1. The number of nitrogens with one attached hydrogen (secondary N) is 1. The molecule has 0 bridgehead atoms. The Hall–Kier alpha value is -1.66. The van der Waals surface area contributed by atoms with Crippen molar-refractivity contribution in [3.05, 3.63) is 23.4 Å². The fourth-order valence-corrected chi connectivity index (χ4v) is 1.38. The van der Waals surface area contributed by atoms with E-state index in [1.807, 2.05) is 0 Å². The third kappa shape index (κ3) is 5.11. The lowest BCUT2D eigenvalue weighted by atomic mass is 10.2. The number of hydrogen-bond acceptors (Lipinski definition) is 5. The van der Waals surface area contributed by atoms with Crippen molar-refractivity contribution in [1.82, 2.24) is 4.98 Å². The van der Waals surface area contributed by atoms with Gasteiger partial charge in [0, 0.05) is 19.3 Å². The van der Waals surface area contributed by atoms with Gasteiger partial charge < -0.3 is 19.9 Å². The summed E-state index contributed by atoms with van der Waals surface area (Å²) in [6, 6.07) is 3.03. The van der Waals surface area contributed by atoms with E-state index in [1.54, 1.807) is 14.0 Å². The standard InChI is InChI=1S/C12H18N2O4/c1-9-7-10(12(15)16)8-11(14-9)13-3-4-18-6-5-17-2/h7-8H,3-6H2,1-2H3,(H,13,14)(H,15,16). The minimum absolute atomic E-state index is 0.227. The molecular formula is C12H18N2O4. The van der Waals surface area contributed by atoms with E-state index in [4.69, 9.17) is 14.6 Å². The average molecular weight is 254 g/mol. The molecule has 1 aromatic heterocycles. The highest BCUT2D eigenvalue weighted by atomic mass is 16.5. The van der Waals surface area contributed by atoms with Crippen molar-refractivity contribution < 1.29 is 19.4 Å². The van der Waals surface area contributed by atoms with Crippen LogP contribution in [0.15, 0.2) is 12.1 Å². The number of hydrogen-bond donors (Lipinski definition) is 2. The van der Waals surface area contributed by atoms with Crippen LogP contribution in [0.4, 0.5) is 5.82 Å². The first-order chi connectivity index (χ1) is 8.63. The molecule has 1 heterocycles. The van der Waals surface area contributed by atoms with Crippen LogP contribution >= 0.6 is 0 Å². The van der Waals surface area contributed by atoms with E-state index in [-0.39, 0.29) is 5.56 Å². The topological polar surface area (TPSA) is 80.7 Å². The molecule has 2 N–H and O–H groups in total. The molecule has 0 unspecified atom stereocenters. The highest BCUT2D eigenvalue weighted by Crippen LogP contribution is 2.09. The SMILES string of the molecule is COCCOCCNc1cc(C(=O)O)cc(C)n1. The molecule has 0 fully saturated rings. The minimum Gasteiger partial charge on any atom is -0.478 e. The number of carboxylic acid groups (broad SMARTS) is 1. The summed E-state index contributed by atoms with van der Waals surface area (Å²) in [5, 5.41) is 11.9. The first-order valence-electron chi connectivity index (χ1n) is 5.66. The highest BCUT2D eigenvalue weighted by Gasteiger charge is 2.06. The number of rotatable bonds is 8. The normalized spacial score (nSPS) is 10.3. The van der Waals surface area contributed by atoms with Gasteiger partial charge in [-0.25, -0.2) is 9.78 Å². The number of aromatic carboxylic acids is 1. The van der Waals surface area contributed by atoms with Gasteiger partial charge in [0.2, 0.25) is 0 Å². The van der Waals surface area contributed by atoms with Gasteiger partial charge in [0.25, 0.3) is 0 Å². The molecule has 0 radical (unpaired) electrons. The second kappa shape index (κ2) is 7.62. The molecular weight excluding hydrogens is 236 g/mol. The van der Waals surface area contributed by atoms with Gasteiger partial charge in [0.05, 0.1) is 25.4 Å². The summed E-state index contributed by atoms with van der Waals surface area (Å²) in [6.07, 6.45) is 0. The van der Waals surface area contributed by atoms with Crippen molar-refractivity contribution in [2.75, 3.05) is 38.8 Å². The van der Waals surface area contributed by atoms with Crippen molar-refractivity contribution in [2.45, 2.75) is 6.92 Å². The van der Waals surface area contributed by atoms with E-state index >= 15 is 0 Å². The molecule has 1 aromatic rings. The number of carboxylic acids is 1. The zero-order valence-electron chi connectivity index (χ0n) is 10.6. The maximum absolute atomic E-state index is 10.9. The predicted molar refractivity (Wildman–Crippen MR) is 67.1 cm³/mol. The lowest BCUT2D eigenvalue weighted by Crippen LogP contribution is -2.13. The summed E-state index contributed by atoms with van der Waals surface area (Å²) in [4.78, 5) is 15.1. The minimum atomic E-state index is -0.958. The molecule has 18 heavy (non-hydrogen) atoms. The van der Waals surface area contributed by atoms with Crippen molar-refractivity contribution in [1.29, 1.82) is 0 Å². The van der Waals surface area contributed by atoms with Crippen LogP contribution in [0, 0.1) is 6.92 Å². The molecule has 0 atom stereocenters. The molecule has 0 aromatic carbocycles. The number of ether oxygens (including phenoxy) is 2. The Bertz CT molecular complexity index is 396. The largest absolute Gasteiger partial charge is 0.478 e. The molecule has 0 amide bonds. The van der Waals surface area contributed by atoms with Gasteiger partial charge in [0.1, 0.15) is 5.82 Å². The average Bonchev–Trinajstić information content (AvgIpc) is 2.33. The van der Waals surface area contributed by atoms with Crippen molar-refractivity contribution >= 4 is 11.8 Å². The summed E-state index contributed by atoms with van der Waals surface area (Å²) in [5.74, 6) is -0.414. The number of aryl methyl sites for hydroxylation is 1. The zero-order chi connectivity index (χ0) is 13.4. The molecule has 1 rings (SSSR count). The maximum atomic E-state index is 10.9. The van der Waals surface area contributed by atoms with E-state index < -0.39 is 5.97 Å². The third-order valence-corrected chi connectivity index (χ3v) is 2.18. The lowest BCUT2D eigenvalue weighted by molar-refractivity contribution is 0.0696. The first kappa shape index (κ1) is 14.4. The molecule has 100 valence electrons. The van der Waals surface area contributed by atoms with Gasteiger partial charge in [-0.15, -0.1) is 0 Å². The number of anilines is 1. The van der Waals surface area contributed by atoms with Crippen molar-refractivity contribution in [2.24, 2.45) is 0 Å². The van der Waals surface area contributed by atoms with E-state index in [2.05, 4.69) is 10.3 Å². The van der Waals surface area contributed by atoms with Gasteiger partial charge >= 0.3 is 5.97 Å². The van der Waals surface area contributed by atoms with Crippen molar-refractivity contribution in [3.63, 3.8) is 0 Å². The Morgan fingerprint density at radius 2 is 2.17 bits per heavy atom. The molecule has 0 saturated carbocycles. The Morgan fingerprint density at radius 3 is 2.83 bits per heavy atom. The summed E-state index contributed by atoms with van der Waals surface area (Å²) in [5.41, 5.74) is 0.892. The molecule has 0 aliphatic rings. The van der Waals surface area contributed by atoms with Crippen LogP contribution in [0.3, 0.4) is 0 Å². The molecule has 0 aliphatic carbocycles. The fraction of sp³-hybridized carbons (Fsp3) is 0.500. The number of nitrogens with zero attached hydrogens (tertiary/aromatic N) is 1. The van der Waals surface area contributed by atoms with Crippen LogP contribution in [0.5, 0.6) is 0 Å². The second-order valence-corrected chi connectivity index (χ2v) is 3.72. The van der Waals surface area contributed by atoms with Gasteiger partial charge in [-0.1, -0.05) is 0 Å². The summed E-state index contributed by atoms with van der Waals surface area (Å²) in [7, 11) is 1.62. The second-order valence-electron chi connectivity index (χ2n) is 3.72. The summed E-state index contributed by atoms with van der Waals surface area (Å²) in [6.45, 7) is 3.94. The van der Waals surface area contributed by atoms with E-state index in [1.165, 1.54) is 12.1 Å². The fourth-order valence-electron chi connectivity index (χ4n) is 1.38. The van der Waals surface area contributed by atoms with Gasteiger partial charge in [-0.05, 0) is 19.1 Å². The third-order valence-electron chi connectivity index (χ3n) is 2.18. The van der Waals surface area contributed by atoms with Gasteiger partial charge in [-0.3, -0.25) is 0 Å². The number of aromatic nitrogens is 1. The first-order valence-corrected chi connectivity index (χ1v) is 5.66. The Labute approximate surface area is 106 Å². The van der Waals surface area contributed by atoms with Crippen LogP contribution in [0.2, 0.25) is 0 Å². The summed E-state index contributed by atoms with van der Waals surface area (Å²) < 4.78 is 10.1. The molecule has 0 saturated heterocycles. The summed E-state index contributed by atoms with van der Waals surface area (Å²) >= 11 is 0. The highest BCUT2D eigenvalue weighted by molar-refractivity contribution is 5.88. The lowest BCUT2D eigenvalue weighted by Gasteiger charge is -2.08. The van der Waals surface area contributed by atoms with Gasteiger partial charge in [0.15, 0.2) is 0 Å². The smallest absolute Gasteiger partial charge is 0.335 e. The zero-order valence-corrected chi connectivity index (χ0v) is 10.6. The van der Waals surface area contributed by atoms with Crippen LogP contribution in [-0.2, 0) is 9.47 Å².